The van der Waals surface area contributed by atoms with Crippen molar-refractivity contribution in [2.75, 3.05) is 0 Å². The molecule has 0 saturated heterocycles. The quantitative estimate of drug-likeness (QED) is 0.421. The highest BCUT2D eigenvalue weighted by Crippen LogP contribution is 1.89. The zero-order chi connectivity index (χ0) is 6.69. The number of carbonyl (C=O) groups excluding carboxylic acids is 1. The van der Waals surface area contributed by atoms with Gasteiger partial charge in [0.25, 0.3) is 0 Å². The smallest absolute Gasteiger partial charge is 0.313 e. The van der Waals surface area contributed by atoms with Crippen molar-refractivity contribution in [1.29, 1.82) is 0 Å². The molecule has 0 saturated carbocycles. The van der Waals surface area contributed by atoms with E-state index in [2.05, 4.69) is 15.8 Å². The van der Waals surface area contributed by atoms with Crippen LogP contribution >= 0.6 is 0 Å². The third-order valence-corrected chi connectivity index (χ3v) is 0.979. The van der Waals surface area contributed by atoms with Crippen molar-refractivity contribution in [1.82, 2.24) is 10.7 Å². The first-order valence-corrected chi connectivity index (χ1v) is 2.62. The van der Waals surface area contributed by atoms with Gasteiger partial charge >= 0.3 is 6.03 Å². The van der Waals surface area contributed by atoms with E-state index in [4.69, 9.17) is 5.73 Å². The van der Waals surface area contributed by atoms with Crippen LogP contribution in [-0.2, 0) is 0 Å². The summed E-state index contributed by atoms with van der Waals surface area (Å²) in [5.74, 6) is 0. The van der Waals surface area contributed by atoms with Gasteiger partial charge in [-0.15, -0.1) is 0 Å². The maximum atomic E-state index is 10.2. The monoisotopic (exact) mass is 128 g/mol. The van der Waals surface area contributed by atoms with Crippen LogP contribution in [0.1, 0.15) is 6.42 Å². The number of hydrazone groups is 1. The molecule has 5 heteroatoms. The molecule has 1 unspecified atom stereocenters. The zero-order valence-corrected chi connectivity index (χ0v) is 4.79. The molecule has 0 bridgehead atoms. The van der Waals surface area contributed by atoms with Gasteiger partial charge in [0, 0.05) is 12.6 Å². The molecule has 1 heterocycles. The molecule has 0 aromatic carbocycles. The summed E-state index contributed by atoms with van der Waals surface area (Å²) in [7, 11) is 0. The Hall–Kier alpha value is -1.26. The number of urea groups is 1. The average Bonchev–Trinajstić information content (AvgIpc) is 2.15. The highest BCUT2D eigenvalue weighted by Gasteiger charge is 2.09. The maximum absolute atomic E-state index is 10.2. The molecular formula is C4H8N4O. The molecule has 0 radical (unpaired) electrons. The molecule has 1 aliphatic heterocycles. The van der Waals surface area contributed by atoms with E-state index in [9.17, 15) is 4.79 Å². The predicted molar refractivity (Wildman–Crippen MR) is 32.8 cm³/mol. The van der Waals surface area contributed by atoms with Gasteiger partial charge in [-0.2, -0.15) is 5.10 Å². The van der Waals surface area contributed by atoms with Gasteiger partial charge in [-0.3, -0.25) is 5.43 Å². The van der Waals surface area contributed by atoms with Crippen molar-refractivity contribution in [3.8, 4) is 0 Å². The second-order valence-electron chi connectivity index (χ2n) is 1.74. The Morgan fingerprint density at radius 1 is 2.00 bits per heavy atom. The summed E-state index contributed by atoms with van der Waals surface area (Å²) in [5, 5.41) is 6.12. The molecule has 0 fully saturated rings. The van der Waals surface area contributed by atoms with Gasteiger partial charge in [0.15, 0.2) is 0 Å². The molecule has 1 atom stereocenters. The van der Waals surface area contributed by atoms with Crippen LogP contribution < -0.4 is 16.5 Å². The van der Waals surface area contributed by atoms with Crippen molar-refractivity contribution in [3.05, 3.63) is 0 Å². The fourth-order valence-electron chi connectivity index (χ4n) is 0.616. The first-order chi connectivity index (χ1) is 4.29. The minimum absolute atomic E-state index is 0.109. The maximum Gasteiger partial charge on any atom is 0.313 e. The highest BCUT2D eigenvalue weighted by atomic mass is 16.2. The van der Waals surface area contributed by atoms with Gasteiger partial charge in [-0.05, 0) is 0 Å². The summed E-state index contributed by atoms with van der Waals surface area (Å²) in [6.45, 7) is 0. The van der Waals surface area contributed by atoms with Crippen LogP contribution in [0.3, 0.4) is 0 Å². The number of hydrogen-bond donors (Lipinski definition) is 3. The van der Waals surface area contributed by atoms with E-state index in [1.54, 1.807) is 6.21 Å². The molecule has 0 spiro atoms. The molecule has 0 aromatic heterocycles. The molecule has 2 amide bonds. The lowest BCUT2D eigenvalue weighted by Gasteiger charge is -2.08. The lowest BCUT2D eigenvalue weighted by atomic mass is 10.4. The van der Waals surface area contributed by atoms with Crippen LogP contribution in [0.15, 0.2) is 5.10 Å². The van der Waals surface area contributed by atoms with Crippen LogP contribution in [0.5, 0.6) is 0 Å². The van der Waals surface area contributed by atoms with Gasteiger partial charge in [-0.1, -0.05) is 0 Å². The second kappa shape index (κ2) is 2.34. The first kappa shape index (κ1) is 5.87. The van der Waals surface area contributed by atoms with E-state index in [-0.39, 0.29) is 6.17 Å². The first-order valence-electron chi connectivity index (χ1n) is 2.62. The second-order valence-corrected chi connectivity index (χ2v) is 1.74. The Balaban J connectivity index is 2.22. The Bertz CT molecular complexity index is 136. The van der Waals surface area contributed by atoms with Crippen molar-refractivity contribution in [2.45, 2.75) is 12.6 Å². The number of carbonyl (C=O) groups is 1. The largest absolute Gasteiger partial charge is 0.352 e. The van der Waals surface area contributed by atoms with E-state index >= 15 is 0 Å². The minimum Gasteiger partial charge on any atom is -0.352 e. The van der Waals surface area contributed by atoms with Crippen molar-refractivity contribution in [2.24, 2.45) is 10.8 Å². The van der Waals surface area contributed by atoms with Gasteiger partial charge in [0.1, 0.15) is 6.17 Å². The molecule has 50 valence electrons. The lowest BCUT2D eigenvalue weighted by molar-refractivity contribution is 0.244. The Kier molecular flexibility index (Phi) is 1.53. The standard InChI is InChI=1S/C4H8N4O/c5-4(9)7-3-1-2-6-8-3/h2-3,8H,1H2,(H3,5,7,9). The minimum atomic E-state index is -0.530. The SMILES string of the molecule is NC(=O)NC1CC=NN1. The summed E-state index contributed by atoms with van der Waals surface area (Å²) in [5.41, 5.74) is 7.47. The van der Waals surface area contributed by atoms with E-state index in [0.717, 1.165) is 0 Å². The number of primary amides is 1. The summed E-state index contributed by atoms with van der Waals surface area (Å²) in [6, 6.07) is -0.530. The van der Waals surface area contributed by atoms with Crippen LogP contribution in [-0.4, -0.2) is 18.4 Å². The molecule has 1 aliphatic rings. The molecule has 5 nitrogen and oxygen atoms in total. The lowest BCUT2D eigenvalue weighted by Crippen LogP contribution is -2.43. The van der Waals surface area contributed by atoms with E-state index in [1.807, 2.05) is 0 Å². The topological polar surface area (TPSA) is 79.5 Å². The van der Waals surface area contributed by atoms with E-state index in [1.165, 1.54) is 0 Å². The summed E-state index contributed by atoms with van der Waals surface area (Å²) < 4.78 is 0. The van der Waals surface area contributed by atoms with Crippen LogP contribution in [0, 0.1) is 0 Å². The van der Waals surface area contributed by atoms with E-state index in [0.29, 0.717) is 6.42 Å². The zero-order valence-electron chi connectivity index (χ0n) is 4.79. The summed E-state index contributed by atoms with van der Waals surface area (Å²) in [4.78, 5) is 10.2. The van der Waals surface area contributed by atoms with Crippen molar-refractivity contribution in [3.63, 3.8) is 0 Å². The van der Waals surface area contributed by atoms with Gasteiger partial charge in [0.05, 0.1) is 0 Å². The molecule has 9 heavy (non-hydrogen) atoms. The Morgan fingerprint density at radius 3 is 3.22 bits per heavy atom. The molecule has 4 N–H and O–H groups in total. The number of nitrogens with zero attached hydrogens (tertiary/aromatic N) is 1. The van der Waals surface area contributed by atoms with Gasteiger partial charge in [-0.25, -0.2) is 4.79 Å². The van der Waals surface area contributed by atoms with Crippen LogP contribution in [0.25, 0.3) is 0 Å². The fourth-order valence-corrected chi connectivity index (χ4v) is 0.616. The third-order valence-electron chi connectivity index (χ3n) is 0.979. The predicted octanol–water partition coefficient (Wildman–Crippen LogP) is -1.04. The molecule has 0 aromatic rings. The Labute approximate surface area is 52.3 Å². The van der Waals surface area contributed by atoms with Crippen LogP contribution in [0.2, 0.25) is 0 Å². The number of amides is 2. The van der Waals surface area contributed by atoms with Crippen molar-refractivity contribution >= 4 is 12.2 Å². The van der Waals surface area contributed by atoms with Crippen LogP contribution in [0.4, 0.5) is 4.79 Å². The van der Waals surface area contributed by atoms with Gasteiger partial charge in [0.2, 0.25) is 0 Å². The number of hydrogen-bond acceptors (Lipinski definition) is 3. The molecule has 0 aliphatic carbocycles. The summed E-state index contributed by atoms with van der Waals surface area (Å²) >= 11 is 0. The normalized spacial score (nSPS) is 23.3. The Morgan fingerprint density at radius 2 is 2.78 bits per heavy atom. The highest BCUT2D eigenvalue weighted by molar-refractivity contribution is 5.73. The van der Waals surface area contributed by atoms with E-state index < -0.39 is 6.03 Å². The number of rotatable bonds is 1. The summed E-state index contributed by atoms with van der Waals surface area (Å²) in [6.07, 6.45) is 2.27. The third kappa shape index (κ3) is 1.60. The average molecular weight is 128 g/mol. The van der Waals surface area contributed by atoms with Crippen molar-refractivity contribution < 1.29 is 4.79 Å². The number of nitrogens with one attached hydrogen (secondary N) is 2. The molecular weight excluding hydrogens is 120 g/mol. The molecule has 1 rings (SSSR count). The van der Waals surface area contributed by atoms with Gasteiger partial charge < -0.3 is 11.1 Å². The fraction of sp³-hybridized carbons (Fsp3) is 0.500. The number of nitrogens with two attached hydrogens (primary N) is 1.